The normalized spacial score (nSPS) is 17.8. The molecule has 1 atom stereocenters. The van der Waals surface area contributed by atoms with E-state index in [0.29, 0.717) is 30.3 Å². The van der Waals surface area contributed by atoms with E-state index in [-0.39, 0.29) is 5.78 Å². The third-order valence-corrected chi connectivity index (χ3v) is 4.02. The molecule has 1 aromatic heterocycles. The van der Waals surface area contributed by atoms with Gasteiger partial charge < -0.3 is 15.3 Å². The Morgan fingerprint density at radius 3 is 2.64 bits per heavy atom. The van der Waals surface area contributed by atoms with Gasteiger partial charge in [0.15, 0.2) is 5.78 Å². The number of rotatable bonds is 6. The van der Waals surface area contributed by atoms with Crippen LogP contribution in [0.5, 0.6) is 0 Å². The Hall–Kier alpha value is -1.53. The van der Waals surface area contributed by atoms with Crippen LogP contribution >= 0.6 is 0 Å². The minimum Gasteiger partial charge on any atom is -0.390 e. The van der Waals surface area contributed by atoms with Gasteiger partial charge in [-0.3, -0.25) is 4.79 Å². The van der Waals surface area contributed by atoms with Gasteiger partial charge in [0.25, 0.3) is 0 Å². The van der Waals surface area contributed by atoms with Gasteiger partial charge in [-0.25, -0.2) is 9.97 Å². The number of likely N-dealkylation sites (tertiary alicyclic amines) is 1. The zero-order valence-corrected chi connectivity index (χ0v) is 13.5. The Labute approximate surface area is 132 Å². The van der Waals surface area contributed by atoms with E-state index >= 15 is 0 Å². The summed E-state index contributed by atoms with van der Waals surface area (Å²) in [6, 6.07) is 0. The standard InChI is InChI=1S/C16H26N4O2/c1-12-15(13(2)21)10-18-16(19-12)17-9-14(22)11-20-7-5-3-4-6-8-20/h10,14,22H,3-9,11H2,1-2H3,(H,17,18,19). The summed E-state index contributed by atoms with van der Waals surface area (Å²) in [6.07, 6.45) is 6.11. The van der Waals surface area contributed by atoms with Crippen LogP contribution in [-0.4, -0.2) is 58.0 Å². The lowest BCUT2D eigenvalue weighted by Gasteiger charge is -2.23. The highest BCUT2D eigenvalue weighted by atomic mass is 16.3. The van der Waals surface area contributed by atoms with E-state index in [1.165, 1.54) is 38.8 Å². The lowest BCUT2D eigenvalue weighted by molar-refractivity contribution is 0.101. The monoisotopic (exact) mass is 306 g/mol. The number of aromatic nitrogens is 2. The first-order valence-corrected chi connectivity index (χ1v) is 8.05. The van der Waals surface area contributed by atoms with Crippen molar-refractivity contribution in [3.63, 3.8) is 0 Å². The molecule has 0 aliphatic carbocycles. The summed E-state index contributed by atoms with van der Waals surface area (Å²) in [5.41, 5.74) is 1.20. The largest absolute Gasteiger partial charge is 0.390 e. The van der Waals surface area contributed by atoms with Gasteiger partial charge in [-0.15, -0.1) is 0 Å². The molecule has 0 aromatic carbocycles. The van der Waals surface area contributed by atoms with E-state index in [0.717, 1.165) is 13.1 Å². The average molecular weight is 306 g/mol. The van der Waals surface area contributed by atoms with Crippen LogP contribution in [0.15, 0.2) is 6.20 Å². The zero-order valence-electron chi connectivity index (χ0n) is 13.5. The van der Waals surface area contributed by atoms with E-state index in [1.807, 2.05) is 0 Å². The number of aryl methyl sites for hydroxylation is 1. The predicted octanol–water partition coefficient (Wildman–Crippen LogP) is 1.64. The summed E-state index contributed by atoms with van der Waals surface area (Å²) < 4.78 is 0. The van der Waals surface area contributed by atoms with Crippen molar-refractivity contribution in [2.75, 3.05) is 31.5 Å². The summed E-state index contributed by atoms with van der Waals surface area (Å²) in [5, 5.41) is 13.2. The van der Waals surface area contributed by atoms with Crippen molar-refractivity contribution >= 4 is 11.7 Å². The molecule has 0 spiro atoms. The molecule has 6 nitrogen and oxygen atoms in total. The van der Waals surface area contributed by atoms with Crippen molar-refractivity contribution in [2.45, 2.75) is 45.6 Å². The Morgan fingerprint density at radius 2 is 2.05 bits per heavy atom. The van der Waals surface area contributed by atoms with Crippen LogP contribution in [0.4, 0.5) is 5.95 Å². The fourth-order valence-electron chi connectivity index (χ4n) is 2.79. The zero-order chi connectivity index (χ0) is 15.9. The number of β-amino-alcohol motifs (C(OH)–C–C–N with tert-alkyl or cyclic N) is 1. The summed E-state index contributed by atoms with van der Waals surface area (Å²) >= 11 is 0. The van der Waals surface area contributed by atoms with Crippen molar-refractivity contribution < 1.29 is 9.90 Å². The third kappa shape index (κ3) is 5.03. The Bertz CT molecular complexity index is 499. The Morgan fingerprint density at radius 1 is 1.36 bits per heavy atom. The van der Waals surface area contributed by atoms with E-state index in [4.69, 9.17) is 0 Å². The number of hydrogen-bond acceptors (Lipinski definition) is 6. The number of ketones is 1. The quantitative estimate of drug-likeness (QED) is 0.778. The summed E-state index contributed by atoms with van der Waals surface area (Å²) in [4.78, 5) is 22.1. The first kappa shape index (κ1) is 16.8. The fraction of sp³-hybridized carbons (Fsp3) is 0.688. The van der Waals surface area contributed by atoms with Gasteiger partial charge in [0, 0.05) is 19.3 Å². The maximum absolute atomic E-state index is 11.3. The molecule has 1 unspecified atom stereocenters. The number of nitrogens with one attached hydrogen (secondary N) is 1. The average Bonchev–Trinajstić information content (AvgIpc) is 2.73. The molecule has 122 valence electrons. The highest BCUT2D eigenvalue weighted by molar-refractivity contribution is 5.94. The molecule has 2 N–H and O–H groups in total. The van der Waals surface area contributed by atoms with Crippen LogP contribution in [0, 0.1) is 6.92 Å². The van der Waals surface area contributed by atoms with Crippen LogP contribution in [0.1, 0.15) is 48.7 Å². The van der Waals surface area contributed by atoms with Crippen LogP contribution in [-0.2, 0) is 0 Å². The van der Waals surface area contributed by atoms with Gasteiger partial charge in [0.05, 0.1) is 17.4 Å². The Kier molecular flexibility index (Phi) is 6.27. The molecule has 1 fully saturated rings. The van der Waals surface area contributed by atoms with E-state index in [1.54, 1.807) is 6.92 Å². The van der Waals surface area contributed by atoms with Gasteiger partial charge in [0.2, 0.25) is 5.95 Å². The SMILES string of the molecule is CC(=O)c1cnc(NCC(O)CN2CCCCCC2)nc1C. The molecule has 1 aromatic rings. The molecule has 0 radical (unpaired) electrons. The van der Waals surface area contributed by atoms with Crippen molar-refractivity contribution in [1.82, 2.24) is 14.9 Å². The molecule has 0 bridgehead atoms. The number of carbonyl (C=O) groups excluding carboxylic acids is 1. The van der Waals surface area contributed by atoms with E-state index in [9.17, 15) is 9.90 Å². The maximum atomic E-state index is 11.3. The number of Topliss-reactive ketones (excluding diaryl/α,β-unsaturated/α-hetero) is 1. The lowest BCUT2D eigenvalue weighted by Crippen LogP contribution is -2.36. The number of nitrogens with zero attached hydrogens (tertiary/aromatic N) is 3. The second-order valence-corrected chi connectivity index (χ2v) is 6.00. The molecule has 2 rings (SSSR count). The predicted molar refractivity (Wildman–Crippen MR) is 86.2 cm³/mol. The van der Waals surface area contributed by atoms with Gasteiger partial charge in [-0.1, -0.05) is 12.8 Å². The number of aliphatic hydroxyl groups is 1. The second-order valence-electron chi connectivity index (χ2n) is 6.00. The first-order valence-electron chi connectivity index (χ1n) is 8.05. The van der Waals surface area contributed by atoms with Crippen molar-refractivity contribution in [3.8, 4) is 0 Å². The van der Waals surface area contributed by atoms with Crippen LogP contribution in [0.2, 0.25) is 0 Å². The number of carbonyl (C=O) groups is 1. The van der Waals surface area contributed by atoms with Crippen LogP contribution < -0.4 is 5.32 Å². The summed E-state index contributed by atoms with van der Waals surface area (Å²) in [7, 11) is 0. The van der Waals surface area contributed by atoms with Gasteiger partial charge >= 0.3 is 0 Å². The first-order chi connectivity index (χ1) is 10.6. The summed E-state index contributed by atoms with van der Waals surface area (Å²) in [5.74, 6) is 0.419. The maximum Gasteiger partial charge on any atom is 0.222 e. The fourth-order valence-corrected chi connectivity index (χ4v) is 2.79. The second kappa shape index (κ2) is 8.19. The molecule has 1 aliphatic rings. The van der Waals surface area contributed by atoms with E-state index < -0.39 is 6.10 Å². The highest BCUT2D eigenvalue weighted by Crippen LogP contribution is 2.11. The highest BCUT2D eigenvalue weighted by Gasteiger charge is 2.14. The van der Waals surface area contributed by atoms with Gasteiger partial charge in [-0.05, 0) is 39.8 Å². The third-order valence-electron chi connectivity index (χ3n) is 4.02. The van der Waals surface area contributed by atoms with E-state index in [2.05, 4.69) is 20.2 Å². The van der Waals surface area contributed by atoms with Crippen molar-refractivity contribution in [1.29, 1.82) is 0 Å². The molecule has 2 heterocycles. The molecule has 1 saturated heterocycles. The molecule has 22 heavy (non-hydrogen) atoms. The summed E-state index contributed by atoms with van der Waals surface area (Å²) in [6.45, 7) is 6.52. The topological polar surface area (TPSA) is 78.3 Å². The van der Waals surface area contributed by atoms with Crippen LogP contribution in [0.3, 0.4) is 0 Å². The number of aliphatic hydroxyl groups excluding tert-OH is 1. The molecular weight excluding hydrogens is 280 g/mol. The molecule has 1 aliphatic heterocycles. The number of anilines is 1. The van der Waals surface area contributed by atoms with Crippen molar-refractivity contribution in [2.24, 2.45) is 0 Å². The van der Waals surface area contributed by atoms with Gasteiger partial charge in [0.1, 0.15) is 0 Å². The Balaban J connectivity index is 1.81. The smallest absolute Gasteiger partial charge is 0.222 e. The lowest BCUT2D eigenvalue weighted by atomic mass is 10.2. The minimum atomic E-state index is -0.450. The molecule has 0 amide bonds. The van der Waals surface area contributed by atoms with Crippen LogP contribution in [0.25, 0.3) is 0 Å². The van der Waals surface area contributed by atoms with Gasteiger partial charge in [-0.2, -0.15) is 0 Å². The number of hydrogen-bond donors (Lipinski definition) is 2. The van der Waals surface area contributed by atoms with Crippen molar-refractivity contribution in [3.05, 3.63) is 17.5 Å². The molecule has 0 saturated carbocycles. The minimum absolute atomic E-state index is 0.0368. The molecule has 6 heteroatoms. The molecular formula is C16H26N4O2.